The lowest BCUT2D eigenvalue weighted by atomic mass is 9.58. The van der Waals surface area contributed by atoms with Crippen LogP contribution in [0.2, 0.25) is 0 Å². The number of nitrogens with one attached hydrogen (secondary N) is 1. The molecule has 2 aliphatic heterocycles. The number of carbonyl (C=O) groups excluding carboxylic acids is 2. The van der Waals surface area contributed by atoms with Gasteiger partial charge in [0.05, 0.1) is 12.0 Å². The number of ketones is 1. The topological polar surface area (TPSA) is 49.4 Å². The van der Waals surface area contributed by atoms with Crippen LogP contribution in [0.5, 0.6) is 0 Å². The summed E-state index contributed by atoms with van der Waals surface area (Å²) in [7, 11) is 0. The van der Waals surface area contributed by atoms with Crippen molar-refractivity contribution in [1.29, 1.82) is 0 Å². The molecule has 0 radical (unpaired) electrons. The summed E-state index contributed by atoms with van der Waals surface area (Å²) in [5.41, 5.74) is -0.494. The molecule has 200 valence electrons. The van der Waals surface area contributed by atoms with Crippen molar-refractivity contribution in [3.05, 3.63) is 137 Å². The van der Waals surface area contributed by atoms with Crippen molar-refractivity contribution >= 4 is 17.4 Å². The molecule has 3 aliphatic rings. The third kappa shape index (κ3) is 3.18. The Bertz CT molecular complexity index is 1640. The molecular formula is C33H25F3N2O2. The zero-order valence-electron chi connectivity index (χ0n) is 21.4. The van der Waals surface area contributed by atoms with Gasteiger partial charge in [0, 0.05) is 22.7 Å². The highest BCUT2D eigenvalue weighted by Crippen LogP contribution is 2.67. The van der Waals surface area contributed by atoms with Crippen molar-refractivity contribution in [3.63, 3.8) is 0 Å². The van der Waals surface area contributed by atoms with Crippen LogP contribution >= 0.6 is 0 Å². The first kappa shape index (κ1) is 24.8. The summed E-state index contributed by atoms with van der Waals surface area (Å²) in [5, 5.41) is 2.84. The minimum absolute atomic E-state index is 0.0143. The molecule has 2 spiro atoms. The number of hydrogen-bond donors (Lipinski definition) is 1. The maximum absolute atomic E-state index is 15.1. The fourth-order valence-corrected chi connectivity index (χ4v) is 7.39. The highest BCUT2D eigenvalue weighted by molar-refractivity contribution is 6.17. The lowest BCUT2D eigenvalue weighted by molar-refractivity contribution is -0.158. The van der Waals surface area contributed by atoms with Gasteiger partial charge >= 0.3 is 6.18 Å². The zero-order valence-corrected chi connectivity index (χ0v) is 21.4. The molecule has 1 unspecified atom stereocenters. The van der Waals surface area contributed by atoms with Gasteiger partial charge in [-0.3, -0.25) is 14.9 Å². The van der Waals surface area contributed by atoms with Gasteiger partial charge in [-0.2, -0.15) is 13.2 Å². The molecule has 0 bridgehead atoms. The van der Waals surface area contributed by atoms with Gasteiger partial charge in [-0.25, -0.2) is 0 Å². The zero-order chi connectivity index (χ0) is 27.7. The van der Waals surface area contributed by atoms with Crippen LogP contribution in [-0.2, 0) is 23.3 Å². The summed E-state index contributed by atoms with van der Waals surface area (Å²) < 4.78 is 45.2. The van der Waals surface area contributed by atoms with Crippen LogP contribution < -0.4 is 10.2 Å². The molecule has 1 N–H and O–H groups in total. The van der Waals surface area contributed by atoms with Gasteiger partial charge in [0.25, 0.3) is 5.91 Å². The Morgan fingerprint density at radius 3 is 2.12 bits per heavy atom. The van der Waals surface area contributed by atoms with Gasteiger partial charge in [0.2, 0.25) is 0 Å². The molecule has 7 rings (SSSR count). The molecule has 4 atom stereocenters. The average Bonchev–Trinajstić information content (AvgIpc) is 3.53. The number of Topliss-reactive ketones (excluding diaryl/α,β-unsaturated/α-hetero) is 1. The van der Waals surface area contributed by atoms with Crippen molar-refractivity contribution < 1.29 is 22.8 Å². The average molecular weight is 539 g/mol. The Morgan fingerprint density at radius 1 is 0.800 bits per heavy atom. The van der Waals surface area contributed by atoms with Crippen LogP contribution in [0.4, 0.5) is 18.9 Å². The molecule has 1 saturated heterocycles. The van der Waals surface area contributed by atoms with Crippen LogP contribution in [-0.4, -0.2) is 23.9 Å². The van der Waals surface area contributed by atoms with E-state index in [2.05, 4.69) is 5.32 Å². The van der Waals surface area contributed by atoms with E-state index in [4.69, 9.17) is 0 Å². The molecule has 4 aromatic carbocycles. The van der Waals surface area contributed by atoms with Crippen molar-refractivity contribution in [3.8, 4) is 0 Å². The van der Waals surface area contributed by atoms with E-state index < -0.39 is 40.8 Å². The van der Waals surface area contributed by atoms with Crippen LogP contribution in [0.25, 0.3) is 0 Å². The molecule has 7 heteroatoms. The third-order valence-corrected chi connectivity index (χ3v) is 8.90. The lowest BCUT2D eigenvalue weighted by Crippen LogP contribution is -2.60. The third-order valence-electron chi connectivity index (χ3n) is 8.90. The smallest absolute Gasteiger partial charge is 0.306 e. The summed E-state index contributed by atoms with van der Waals surface area (Å²) in [6.07, 6.45) is -4.71. The van der Waals surface area contributed by atoms with Gasteiger partial charge in [0.15, 0.2) is 5.78 Å². The number of anilines is 1. The Balaban J connectivity index is 1.53. The molecule has 4 nitrogen and oxygen atoms in total. The number of amides is 1. The predicted molar refractivity (Wildman–Crippen MR) is 145 cm³/mol. The highest BCUT2D eigenvalue weighted by Gasteiger charge is 2.79. The normalized spacial score (nSPS) is 27.0. The van der Waals surface area contributed by atoms with Crippen molar-refractivity contribution in [2.24, 2.45) is 5.41 Å². The number of carbonyl (C=O) groups is 2. The number of rotatable bonds is 3. The Morgan fingerprint density at radius 2 is 1.43 bits per heavy atom. The van der Waals surface area contributed by atoms with E-state index in [1.165, 1.54) is 4.90 Å². The maximum Gasteiger partial charge on any atom is 0.404 e. The summed E-state index contributed by atoms with van der Waals surface area (Å²) in [5.74, 6) is -2.30. The van der Waals surface area contributed by atoms with Crippen molar-refractivity contribution in [1.82, 2.24) is 5.32 Å². The number of nitrogens with zero attached hydrogens (tertiary/aromatic N) is 1. The van der Waals surface area contributed by atoms with Crippen LogP contribution in [0.1, 0.15) is 38.5 Å². The quantitative estimate of drug-likeness (QED) is 0.339. The standard InChI is InChI=1S/C33H25F3N2O2/c34-33(35,36)28-27(22-13-5-2-6-14-22)31(19-23-15-7-8-16-24(23)29(31)39)32(37-28)25-17-9-10-18-26(25)38(30(32)40)20-21-11-3-1-4-12-21/h1-18,27-28,37H,19-20H2/t27-,28+,31-,32?/m1/s1. The molecule has 1 aliphatic carbocycles. The molecule has 1 fully saturated rings. The number of para-hydroxylation sites is 1. The van der Waals surface area contributed by atoms with Crippen LogP contribution in [0.3, 0.4) is 0 Å². The molecule has 0 aromatic heterocycles. The van der Waals surface area contributed by atoms with E-state index in [0.717, 1.165) is 5.56 Å². The summed E-state index contributed by atoms with van der Waals surface area (Å²) >= 11 is 0. The largest absolute Gasteiger partial charge is 0.404 e. The maximum atomic E-state index is 15.1. The minimum Gasteiger partial charge on any atom is -0.306 e. The first-order valence-electron chi connectivity index (χ1n) is 13.3. The molecular weight excluding hydrogens is 513 g/mol. The highest BCUT2D eigenvalue weighted by atomic mass is 19.4. The van der Waals surface area contributed by atoms with E-state index in [0.29, 0.717) is 27.9 Å². The van der Waals surface area contributed by atoms with E-state index >= 15 is 13.2 Å². The number of alkyl halides is 3. The number of hydrogen-bond acceptors (Lipinski definition) is 3. The second kappa shape index (κ2) is 8.63. The lowest BCUT2D eigenvalue weighted by Gasteiger charge is -2.41. The Hall–Kier alpha value is -4.23. The van der Waals surface area contributed by atoms with Gasteiger partial charge in [-0.1, -0.05) is 103 Å². The second-order valence-electron chi connectivity index (χ2n) is 10.8. The Kier molecular flexibility index (Phi) is 5.35. The van der Waals surface area contributed by atoms with Crippen molar-refractivity contribution in [2.75, 3.05) is 4.90 Å². The van der Waals surface area contributed by atoms with Crippen LogP contribution in [0, 0.1) is 5.41 Å². The first-order valence-corrected chi connectivity index (χ1v) is 13.3. The second-order valence-corrected chi connectivity index (χ2v) is 10.8. The number of benzene rings is 4. The van der Waals surface area contributed by atoms with Gasteiger partial charge in [-0.15, -0.1) is 0 Å². The summed E-state index contributed by atoms with van der Waals surface area (Å²) in [6.45, 7) is 0.171. The van der Waals surface area contributed by atoms with Crippen LogP contribution in [0.15, 0.2) is 109 Å². The molecule has 40 heavy (non-hydrogen) atoms. The molecule has 0 saturated carbocycles. The Labute approximate surface area is 229 Å². The number of fused-ring (bicyclic) bond motifs is 4. The SMILES string of the molecule is O=C1N(Cc2ccccc2)c2ccccc2C12N[C@H](C(F)(F)F)[C@@H](c1ccccc1)[C@@]21Cc2ccccc2C1=O. The minimum atomic E-state index is -4.73. The molecule has 4 aromatic rings. The monoisotopic (exact) mass is 538 g/mol. The van der Waals surface area contributed by atoms with E-state index in [-0.39, 0.29) is 13.0 Å². The van der Waals surface area contributed by atoms with E-state index in [1.807, 2.05) is 30.3 Å². The predicted octanol–water partition coefficient (Wildman–Crippen LogP) is 6.17. The van der Waals surface area contributed by atoms with E-state index in [9.17, 15) is 9.59 Å². The fourth-order valence-electron chi connectivity index (χ4n) is 7.39. The van der Waals surface area contributed by atoms with E-state index in [1.54, 1.807) is 78.9 Å². The summed E-state index contributed by atoms with van der Waals surface area (Å²) in [6, 6.07) is 29.5. The number of halogens is 3. The molecule has 1 amide bonds. The van der Waals surface area contributed by atoms with Gasteiger partial charge in [0.1, 0.15) is 11.6 Å². The van der Waals surface area contributed by atoms with Crippen molar-refractivity contribution in [2.45, 2.75) is 36.6 Å². The van der Waals surface area contributed by atoms with Gasteiger partial charge < -0.3 is 4.90 Å². The fraction of sp³-hybridized carbons (Fsp3) is 0.212. The molecule has 2 heterocycles. The van der Waals surface area contributed by atoms with Gasteiger partial charge in [-0.05, 0) is 29.2 Å². The first-order chi connectivity index (χ1) is 19.3. The summed E-state index contributed by atoms with van der Waals surface area (Å²) in [4.78, 5) is 31.1.